The molecular weight excluding hydrogens is 422 g/mol. The molecule has 3 rings (SSSR count). The van der Waals surface area contributed by atoms with Crippen LogP contribution >= 0.6 is 0 Å². The standard InChI is InChI=1S/C29H45N3O2/c1-2-3-19-33-20-11-12-21-34-29-24-31-28(23-32-29)26-17-18-27(30-22-26)14-10-8-6-4-5-7-9-13-25-15-16-25/h17-18,22-25H,2-16,19-21H2,1H3. The van der Waals surface area contributed by atoms with E-state index in [1.165, 1.54) is 76.3 Å². The van der Waals surface area contributed by atoms with Crippen molar-refractivity contribution in [1.82, 2.24) is 15.0 Å². The van der Waals surface area contributed by atoms with E-state index in [-0.39, 0.29) is 0 Å². The van der Waals surface area contributed by atoms with Gasteiger partial charge in [-0.05, 0) is 50.2 Å². The number of ether oxygens (including phenoxy) is 2. The van der Waals surface area contributed by atoms with Gasteiger partial charge in [-0.15, -0.1) is 0 Å². The fourth-order valence-electron chi connectivity index (χ4n) is 4.12. The van der Waals surface area contributed by atoms with Crippen LogP contribution in [0, 0.1) is 5.92 Å². The quantitative estimate of drug-likeness (QED) is 0.188. The highest BCUT2D eigenvalue weighted by Crippen LogP contribution is 2.34. The molecule has 0 radical (unpaired) electrons. The molecule has 1 fully saturated rings. The number of rotatable bonds is 20. The van der Waals surface area contributed by atoms with Crippen molar-refractivity contribution in [1.29, 1.82) is 0 Å². The maximum Gasteiger partial charge on any atom is 0.232 e. The number of nitrogens with zero attached hydrogens (tertiary/aromatic N) is 3. The van der Waals surface area contributed by atoms with Crippen molar-refractivity contribution in [3.63, 3.8) is 0 Å². The van der Waals surface area contributed by atoms with Crippen molar-refractivity contribution >= 4 is 0 Å². The van der Waals surface area contributed by atoms with E-state index in [2.05, 4.69) is 34.0 Å². The lowest BCUT2D eigenvalue weighted by Crippen LogP contribution is -2.03. The molecule has 2 heterocycles. The molecule has 0 aromatic carbocycles. The smallest absolute Gasteiger partial charge is 0.232 e. The van der Waals surface area contributed by atoms with Crippen molar-refractivity contribution in [3.8, 4) is 17.1 Å². The third-order valence-electron chi connectivity index (χ3n) is 6.57. The summed E-state index contributed by atoms with van der Waals surface area (Å²) < 4.78 is 11.3. The van der Waals surface area contributed by atoms with Gasteiger partial charge in [0.05, 0.1) is 24.7 Å². The zero-order valence-electron chi connectivity index (χ0n) is 21.4. The minimum absolute atomic E-state index is 0.572. The van der Waals surface area contributed by atoms with Gasteiger partial charge < -0.3 is 9.47 Å². The van der Waals surface area contributed by atoms with Crippen molar-refractivity contribution < 1.29 is 9.47 Å². The third kappa shape index (κ3) is 11.4. The van der Waals surface area contributed by atoms with Crippen LogP contribution in [0.3, 0.4) is 0 Å². The second kappa shape index (κ2) is 16.6. The first-order chi connectivity index (χ1) is 16.8. The fraction of sp³-hybridized carbons (Fsp3) is 0.690. The van der Waals surface area contributed by atoms with E-state index in [0.29, 0.717) is 12.5 Å². The van der Waals surface area contributed by atoms with E-state index in [1.54, 1.807) is 12.4 Å². The van der Waals surface area contributed by atoms with Crippen molar-refractivity contribution in [2.45, 2.75) is 103 Å². The van der Waals surface area contributed by atoms with Gasteiger partial charge in [-0.2, -0.15) is 0 Å². The van der Waals surface area contributed by atoms with E-state index in [1.807, 2.05) is 6.20 Å². The third-order valence-corrected chi connectivity index (χ3v) is 6.57. The summed E-state index contributed by atoms with van der Waals surface area (Å²) in [5.41, 5.74) is 3.00. The maximum absolute atomic E-state index is 5.70. The van der Waals surface area contributed by atoms with Gasteiger partial charge in [0, 0.05) is 30.7 Å². The van der Waals surface area contributed by atoms with Crippen LogP contribution in [0.15, 0.2) is 30.7 Å². The van der Waals surface area contributed by atoms with Crippen LogP contribution in [0.5, 0.6) is 5.88 Å². The van der Waals surface area contributed by atoms with Gasteiger partial charge in [0.1, 0.15) is 0 Å². The molecule has 0 spiro atoms. The summed E-state index contributed by atoms with van der Waals surface area (Å²) in [7, 11) is 0. The highest BCUT2D eigenvalue weighted by molar-refractivity contribution is 5.56. The van der Waals surface area contributed by atoms with Crippen LogP contribution in [-0.2, 0) is 11.2 Å². The molecule has 1 aliphatic carbocycles. The number of aryl methyl sites for hydroxylation is 1. The van der Waals surface area contributed by atoms with Gasteiger partial charge in [-0.25, -0.2) is 9.97 Å². The number of hydrogen-bond donors (Lipinski definition) is 0. The SMILES string of the molecule is CCCCOCCCCOc1cnc(-c2ccc(CCCCCCCCCC3CC3)nc2)cn1. The largest absolute Gasteiger partial charge is 0.477 e. The van der Waals surface area contributed by atoms with Crippen LogP contribution in [0.25, 0.3) is 11.3 Å². The monoisotopic (exact) mass is 467 g/mol. The summed E-state index contributed by atoms with van der Waals surface area (Å²) in [5, 5.41) is 0. The van der Waals surface area contributed by atoms with Crippen LogP contribution in [-0.4, -0.2) is 34.8 Å². The Morgan fingerprint density at radius 3 is 2.21 bits per heavy atom. The van der Waals surface area contributed by atoms with Crippen molar-refractivity contribution in [2.24, 2.45) is 5.92 Å². The maximum atomic E-state index is 5.70. The molecule has 5 nitrogen and oxygen atoms in total. The van der Waals surface area contributed by atoms with Gasteiger partial charge in [-0.3, -0.25) is 4.98 Å². The Hall–Kier alpha value is -2.01. The average molecular weight is 468 g/mol. The summed E-state index contributed by atoms with van der Waals surface area (Å²) in [6.07, 6.45) is 24.8. The van der Waals surface area contributed by atoms with E-state index in [0.717, 1.165) is 56.1 Å². The normalized spacial score (nSPS) is 13.3. The second-order valence-corrected chi connectivity index (χ2v) is 9.76. The molecule has 34 heavy (non-hydrogen) atoms. The molecule has 2 aromatic rings. The number of hydrogen-bond acceptors (Lipinski definition) is 5. The molecule has 0 atom stereocenters. The number of pyridine rings is 1. The first kappa shape index (κ1) is 26.6. The molecule has 0 aliphatic heterocycles. The number of unbranched alkanes of at least 4 members (excludes halogenated alkanes) is 8. The summed E-state index contributed by atoms with van der Waals surface area (Å²) in [6.45, 7) is 4.48. The van der Waals surface area contributed by atoms with E-state index in [4.69, 9.17) is 9.47 Å². The Morgan fingerprint density at radius 1 is 0.735 bits per heavy atom. The molecule has 1 saturated carbocycles. The van der Waals surface area contributed by atoms with Crippen molar-refractivity contribution in [3.05, 3.63) is 36.4 Å². The molecule has 2 aromatic heterocycles. The highest BCUT2D eigenvalue weighted by Gasteiger charge is 2.19. The summed E-state index contributed by atoms with van der Waals surface area (Å²) in [4.78, 5) is 13.5. The predicted molar refractivity (Wildman–Crippen MR) is 139 cm³/mol. The Labute approximate surface area is 207 Å². The zero-order valence-corrected chi connectivity index (χ0v) is 21.4. The molecule has 5 heteroatoms. The van der Waals surface area contributed by atoms with Gasteiger partial charge >= 0.3 is 0 Å². The highest BCUT2D eigenvalue weighted by atomic mass is 16.5. The summed E-state index contributed by atoms with van der Waals surface area (Å²) >= 11 is 0. The minimum Gasteiger partial charge on any atom is -0.477 e. The lowest BCUT2D eigenvalue weighted by molar-refractivity contribution is 0.123. The molecule has 188 valence electrons. The zero-order chi connectivity index (χ0) is 23.7. The topological polar surface area (TPSA) is 57.1 Å². The van der Waals surface area contributed by atoms with Gasteiger partial charge in [0.25, 0.3) is 0 Å². The lowest BCUT2D eigenvalue weighted by atomic mass is 10.0. The van der Waals surface area contributed by atoms with E-state index < -0.39 is 0 Å². The summed E-state index contributed by atoms with van der Waals surface area (Å²) in [6, 6.07) is 4.23. The Bertz CT molecular complexity index is 760. The molecule has 0 saturated heterocycles. The first-order valence-corrected chi connectivity index (χ1v) is 13.8. The molecule has 1 aliphatic rings. The number of aromatic nitrogens is 3. The van der Waals surface area contributed by atoms with Gasteiger partial charge in [-0.1, -0.05) is 71.1 Å². The molecule has 0 bridgehead atoms. The summed E-state index contributed by atoms with van der Waals surface area (Å²) in [5.74, 6) is 1.67. The van der Waals surface area contributed by atoms with Crippen molar-refractivity contribution in [2.75, 3.05) is 19.8 Å². The van der Waals surface area contributed by atoms with E-state index in [9.17, 15) is 0 Å². The van der Waals surface area contributed by atoms with E-state index >= 15 is 0 Å². The van der Waals surface area contributed by atoms with Crippen LogP contribution in [0.1, 0.15) is 103 Å². The minimum atomic E-state index is 0.572. The predicted octanol–water partition coefficient (Wildman–Crippen LogP) is 7.59. The van der Waals surface area contributed by atoms with Gasteiger partial charge in [0.15, 0.2) is 0 Å². The molecule has 0 amide bonds. The fourth-order valence-corrected chi connectivity index (χ4v) is 4.12. The van der Waals surface area contributed by atoms with Crippen LogP contribution < -0.4 is 4.74 Å². The molecule has 0 unspecified atom stereocenters. The molecule has 0 N–H and O–H groups in total. The second-order valence-electron chi connectivity index (χ2n) is 9.76. The molecular formula is C29H45N3O2. The average Bonchev–Trinajstić information content (AvgIpc) is 3.70. The Kier molecular flexibility index (Phi) is 13.0. The lowest BCUT2D eigenvalue weighted by Gasteiger charge is -2.07. The Morgan fingerprint density at radius 2 is 1.50 bits per heavy atom. The van der Waals surface area contributed by atoms with Gasteiger partial charge in [0.2, 0.25) is 5.88 Å². The Balaban J connectivity index is 1.23. The van der Waals surface area contributed by atoms with Crippen LogP contribution in [0.4, 0.5) is 0 Å². The first-order valence-electron chi connectivity index (χ1n) is 13.8. The van der Waals surface area contributed by atoms with Crippen LogP contribution in [0.2, 0.25) is 0 Å².